The third-order valence-corrected chi connectivity index (χ3v) is 6.52. The van der Waals surface area contributed by atoms with E-state index in [2.05, 4.69) is 10.3 Å². The molecule has 1 saturated carbocycles. The Bertz CT molecular complexity index is 1130. The van der Waals surface area contributed by atoms with Crippen molar-refractivity contribution in [1.82, 2.24) is 10.3 Å². The van der Waals surface area contributed by atoms with Gasteiger partial charge in [0.05, 0.1) is 14.2 Å². The van der Waals surface area contributed by atoms with Crippen LogP contribution in [0.5, 0.6) is 17.2 Å². The number of benzene rings is 1. The Morgan fingerprint density at radius 1 is 1.05 bits per heavy atom. The Kier molecular flexibility index (Phi) is 9.43. The highest BCUT2D eigenvalue weighted by Gasteiger charge is 2.35. The molecule has 3 atom stereocenters. The number of nitrogens with zero attached hydrogens (tertiary/aromatic N) is 1. The standard InChI is InChI=1S/C27H33FN2O7/c1-15(30-26(32)24-25(37-17(3)31)21(34-4)12-13-29-24)27(33)36-16(2)23(18-8-6-7-9-18)20-11-10-19(28)14-22(20)35-5/h10-16,18,23H,6-9H2,1-5H3,(H,30,32)/t15-,16-,23+/m0/s1. The van der Waals surface area contributed by atoms with Crippen LogP contribution in [-0.4, -0.2) is 49.2 Å². The molecule has 37 heavy (non-hydrogen) atoms. The average molecular weight is 517 g/mol. The number of carbonyl (C=O) groups excluding carboxylic acids is 3. The van der Waals surface area contributed by atoms with Crippen molar-refractivity contribution >= 4 is 17.8 Å². The number of rotatable bonds is 10. The van der Waals surface area contributed by atoms with Crippen LogP contribution in [0, 0.1) is 11.7 Å². The van der Waals surface area contributed by atoms with Crippen molar-refractivity contribution in [2.45, 2.75) is 64.5 Å². The Hall–Kier alpha value is -3.69. The molecule has 3 rings (SSSR count). The minimum Gasteiger partial charge on any atom is -0.496 e. The van der Waals surface area contributed by atoms with Gasteiger partial charge in [-0.15, -0.1) is 0 Å². The van der Waals surface area contributed by atoms with Gasteiger partial charge in [0.15, 0.2) is 11.4 Å². The number of carbonyl (C=O) groups is 3. The van der Waals surface area contributed by atoms with Crippen molar-refractivity contribution in [3.05, 3.63) is 47.5 Å². The number of hydrogen-bond donors (Lipinski definition) is 1. The first-order valence-corrected chi connectivity index (χ1v) is 12.2. The molecule has 1 aromatic carbocycles. The molecule has 200 valence electrons. The summed E-state index contributed by atoms with van der Waals surface area (Å²) in [4.78, 5) is 41.4. The number of ether oxygens (including phenoxy) is 4. The minimum absolute atomic E-state index is 0.145. The normalized spacial score (nSPS) is 15.8. The second kappa shape index (κ2) is 12.5. The van der Waals surface area contributed by atoms with Crippen LogP contribution >= 0.6 is 0 Å². The van der Waals surface area contributed by atoms with Crippen LogP contribution in [0.3, 0.4) is 0 Å². The molecule has 1 aliphatic rings. The molecule has 1 heterocycles. The maximum Gasteiger partial charge on any atom is 0.328 e. The molecular formula is C27H33FN2O7. The van der Waals surface area contributed by atoms with Gasteiger partial charge in [-0.05, 0) is 38.7 Å². The molecule has 1 aromatic heterocycles. The zero-order valence-corrected chi connectivity index (χ0v) is 21.7. The number of esters is 2. The zero-order chi connectivity index (χ0) is 27.1. The van der Waals surface area contributed by atoms with Gasteiger partial charge in [-0.2, -0.15) is 0 Å². The zero-order valence-electron chi connectivity index (χ0n) is 21.7. The fourth-order valence-corrected chi connectivity index (χ4v) is 4.84. The largest absolute Gasteiger partial charge is 0.496 e. The van der Waals surface area contributed by atoms with Crippen LogP contribution < -0.4 is 19.5 Å². The van der Waals surface area contributed by atoms with Crippen LogP contribution in [0.2, 0.25) is 0 Å². The Morgan fingerprint density at radius 2 is 1.73 bits per heavy atom. The van der Waals surface area contributed by atoms with E-state index in [1.165, 1.54) is 52.5 Å². The van der Waals surface area contributed by atoms with Crippen LogP contribution in [-0.2, 0) is 14.3 Å². The minimum atomic E-state index is -1.03. The van der Waals surface area contributed by atoms with Crippen molar-refractivity contribution in [3.8, 4) is 17.2 Å². The summed E-state index contributed by atoms with van der Waals surface area (Å²) in [6.45, 7) is 4.47. The van der Waals surface area contributed by atoms with Gasteiger partial charge in [0.2, 0.25) is 5.75 Å². The molecule has 2 aromatic rings. The third-order valence-electron chi connectivity index (χ3n) is 6.52. The lowest BCUT2D eigenvalue weighted by Gasteiger charge is -2.31. The van der Waals surface area contributed by atoms with E-state index < -0.39 is 35.8 Å². The Balaban J connectivity index is 1.77. The number of aromatic nitrogens is 1. The smallest absolute Gasteiger partial charge is 0.328 e. The van der Waals surface area contributed by atoms with Crippen molar-refractivity contribution in [1.29, 1.82) is 0 Å². The Morgan fingerprint density at radius 3 is 2.35 bits per heavy atom. The molecule has 0 bridgehead atoms. The first-order valence-electron chi connectivity index (χ1n) is 12.2. The SMILES string of the molecule is COc1cc(F)ccc1[C@@H](C1CCCC1)[C@H](C)OC(=O)[C@H](C)NC(=O)c1nccc(OC)c1OC(C)=O. The molecule has 0 spiro atoms. The molecule has 1 amide bonds. The van der Waals surface area contributed by atoms with E-state index in [1.807, 2.05) is 0 Å². The fraction of sp³-hybridized carbons (Fsp3) is 0.481. The summed E-state index contributed by atoms with van der Waals surface area (Å²) >= 11 is 0. The number of amides is 1. The van der Waals surface area contributed by atoms with E-state index in [0.717, 1.165) is 31.2 Å². The monoisotopic (exact) mass is 516 g/mol. The maximum atomic E-state index is 13.9. The van der Waals surface area contributed by atoms with Gasteiger partial charge >= 0.3 is 11.9 Å². The molecule has 1 fully saturated rings. The van der Waals surface area contributed by atoms with Crippen LogP contribution in [0.1, 0.15) is 68.4 Å². The summed E-state index contributed by atoms with van der Waals surface area (Å²) in [7, 11) is 2.84. The molecule has 1 N–H and O–H groups in total. The lowest BCUT2D eigenvalue weighted by Crippen LogP contribution is -2.42. The second-order valence-corrected chi connectivity index (χ2v) is 9.08. The number of methoxy groups -OCH3 is 2. The summed E-state index contributed by atoms with van der Waals surface area (Å²) < 4.78 is 35.4. The highest BCUT2D eigenvalue weighted by molar-refractivity contribution is 5.98. The van der Waals surface area contributed by atoms with Crippen molar-refractivity contribution in [3.63, 3.8) is 0 Å². The van der Waals surface area contributed by atoms with Gasteiger partial charge in [-0.3, -0.25) is 9.59 Å². The van der Waals surface area contributed by atoms with E-state index >= 15 is 0 Å². The molecule has 1 aliphatic carbocycles. The van der Waals surface area contributed by atoms with Crippen LogP contribution in [0.25, 0.3) is 0 Å². The molecular weight excluding hydrogens is 483 g/mol. The predicted octanol–water partition coefficient (Wildman–Crippen LogP) is 4.19. The summed E-state index contributed by atoms with van der Waals surface area (Å²) in [5.41, 5.74) is 0.571. The lowest BCUT2D eigenvalue weighted by atomic mass is 9.80. The number of pyridine rings is 1. The predicted molar refractivity (Wildman–Crippen MR) is 132 cm³/mol. The maximum absolute atomic E-state index is 13.9. The third kappa shape index (κ3) is 6.75. The van der Waals surface area contributed by atoms with E-state index in [9.17, 15) is 18.8 Å². The molecule has 0 unspecified atom stereocenters. The number of halogens is 1. The van der Waals surface area contributed by atoms with Gasteiger partial charge < -0.3 is 24.3 Å². The highest BCUT2D eigenvalue weighted by atomic mass is 19.1. The first-order chi connectivity index (χ1) is 17.7. The Labute approximate surface area is 215 Å². The quantitative estimate of drug-likeness (QED) is 0.468. The van der Waals surface area contributed by atoms with Gasteiger partial charge in [0.1, 0.15) is 23.7 Å². The summed E-state index contributed by atoms with van der Waals surface area (Å²) in [6, 6.07) is 4.79. The summed E-state index contributed by atoms with van der Waals surface area (Å²) in [5, 5.41) is 2.55. The van der Waals surface area contributed by atoms with Gasteiger partial charge in [0, 0.05) is 36.7 Å². The molecule has 10 heteroatoms. The van der Waals surface area contributed by atoms with Crippen molar-refractivity contribution in [2.75, 3.05) is 14.2 Å². The summed E-state index contributed by atoms with van der Waals surface area (Å²) in [6.07, 6.45) is 4.81. The van der Waals surface area contributed by atoms with Crippen LogP contribution in [0.15, 0.2) is 30.5 Å². The second-order valence-electron chi connectivity index (χ2n) is 9.08. The summed E-state index contributed by atoms with van der Waals surface area (Å²) in [5.74, 6) is -2.02. The average Bonchev–Trinajstić information content (AvgIpc) is 3.39. The topological polar surface area (TPSA) is 113 Å². The van der Waals surface area contributed by atoms with Crippen LogP contribution in [0.4, 0.5) is 4.39 Å². The molecule has 0 aliphatic heterocycles. The molecule has 9 nitrogen and oxygen atoms in total. The van der Waals surface area contributed by atoms with E-state index in [1.54, 1.807) is 13.0 Å². The van der Waals surface area contributed by atoms with Gasteiger partial charge in [-0.25, -0.2) is 14.2 Å². The van der Waals surface area contributed by atoms with Gasteiger partial charge in [0.25, 0.3) is 5.91 Å². The van der Waals surface area contributed by atoms with E-state index in [-0.39, 0.29) is 29.0 Å². The first kappa shape index (κ1) is 27.9. The van der Waals surface area contributed by atoms with Crippen molar-refractivity contribution in [2.24, 2.45) is 5.92 Å². The van der Waals surface area contributed by atoms with Crippen molar-refractivity contribution < 1.29 is 37.7 Å². The number of hydrogen-bond acceptors (Lipinski definition) is 8. The lowest BCUT2D eigenvalue weighted by molar-refractivity contribution is -0.152. The molecule has 0 radical (unpaired) electrons. The molecule has 0 saturated heterocycles. The van der Waals surface area contributed by atoms with Gasteiger partial charge in [-0.1, -0.05) is 18.9 Å². The van der Waals surface area contributed by atoms with E-state index in [0.29, 0.717) is 5.75 Å². The fourth-order valence-electron chi connectivity index (χ4n) is 4.84. The highest BCUT2D eigenvalue weighted by Crippen LogP contribution is 2.43. The van der Waals surface area contributed by atoms with E-state index in [4.69, 9.17) is 18.9 Å². The number of nitrogens with one attached hydrogen (secondary N) is 1.